The highest BCUT2D eigenvalue weighted by Crippen LogP contribution is 2.25. The molecule has 0 radical (unpaired) electrons. The fraction of sp³-hybridized carbons (Fsp3) is 0.214. The first kappa shape index (κ1) is 12.1. The average molecular weight is 277 g/mol. The Morgan fingerprint density at radius 2 is 2.16 bits per heavy atom. The van der Waals surface area contributed by atoms with Crippen LogP contribution in [-0.4, -0.2) is 17.4 Å². The number of carbonyl (C=O) groups is 1. The van der Waals surface area contributed by atoms with Crippen molar-refractivity contribution in [1.82, 2.24) is 4.90 Å². The third kappa shape index (κ3) is 2.19. The highest BCUT2D eigenvalue weighted by atomic mass is 35.5. The number of halogens is 1. The molecule has 0 fully saturated rings. The van der Waals surface area contributed by atoms with Gasteiger partial charge in [0.2, 0.25) is 0 Å². The molecule has 0 aliphatic carbocycles. The molecule has 98 valence electrons. The number of hydrogen-bond acceptors (Lipinski definition) is 3. The molecule has 4 nitrogen and oxygen atoms in total. The van der Waals surface area contributed by atoms with Gasteiger partial charge in [0.25, 0.3) is 5.91 Å². The molecule has 0 saturated carbocycles. The molecule has 5 heteroatoms. The molecule has 1 aliphatic heterocycles. The normalized spacial score (nSPS) is 14.3. The van der Waals surface area contributed by atoms with Crippen molar-refractivity contribution < 1.29 is 9.21 Å². The molecule has 0 saturated heterocycles. The van der Waals surface area contributed by atoms with Gasteiger partial charge < -0.3 is 15.1 Å². The average Bonchev–Trinajstić information content (AvgIpc) is 2.84. The summed E-state index contributed by atoms with van der Waals surface area (Å²) >= 11 is 5.69. The molecule has 0 spiro atoms. The number of hydrogen-bond donors (Lipinski definition) is 1. The monoisotopic (exact) mass is 276 g/mol. The van der Waals surface area contributed by atoms with Gasteiger partial charge in [-0.2, -0.15) is 0 Å². The number of nitrogen functional groups attached to an aromatic ring is 1. The number of rotatable bonds is 1. The summed E-state index contributed by atoms with van der Waals surface area (Å²) in [7, 11) is 0. The Morgan fingerprint density at radius 3 is 2.89 bits per heavy atom. The van der Waals surface area contributed by atoms with Crippen LogP contribution in [0.4, 0.5) is 5.69 Å². The SMILES string of the molecule is Nc1cccc2c1CCN(C(=O)c1ccc(Cl)o1)C2. The fourth-order valence-electron chi connectivity index (χ4n) is 2.40. The van der Waals surface area contributed by atoms with Crippen LogP contribution >= 0.6 is 11.6 Å². The van der Waals surface area contributed by atoms with Crippen LogP contribution in [0.15, 0.2) is 34.7 Å². The van der Waals surface area contributed by atoms with E-state index in [1.165, 1.54) is 0 Å². The van der Waals surface area contributed by atoms with Crippen molar-refractivity contribution in [3.05, 3.63) is 52.4 Å². The van der Waals surface area contributed by atoms with Gasteiger partial charge in [0.05, 0.1) is 0 Å². The number of benzene rings is 1. The van der Waals surface area contributed by atoms with Crippen LogP contribution < -0.4 is 5.73 Å². The van der Waals surface area contributed by atoms with Gasteiger partial charge in [-0.3, -0.25) is 4.79 Å². The van der Waals surface area contributed by atoms with Gasteiger partial charge in [-0.1, -0.05) is 12.1 Å². The lowest BCUT2D eigenvalue weighted by molar-refractivity contribution is 0.0702. The van der Waals surface area contributed by atoms with Crippen molar-refractivity contribution in [2.24, 2.45) is 0 Å². The Morgan fingerprint density at radius 1 is 1.32 bits per heavy atom. The van der Waals surface area contributed by atoms with E-state index < -0.39 is 0 Å². The summed E-state index contributed by atoms with van der Waals surface area (Å²) in [5.41, 5.74) is 8.97. The molecule has 0 atom stereocenters. The summed E-state index contributed by atoms with van der Waals surface area (Å²) in [6, 6.07) is 8.97. The minimum absolute atomic E-state index is 0.139. The summed E-state index contributed by atoms with van der Waals surface area (Å²) in [4.78, 5) is 14.0. The molecule has 2 heterocycles. The van der Waals surface area contributed by atoms with E-state index in [1.54, 1.807) is 17.0 Å². The maximum Gasteiger partial charge on any atom is 0.289 e. The van der Waals surface area contributed by atoms with Gasteiger partial charge >= 0.3 is 0 Å². The summed E-state index contributed by atoms with van der Waals surface area (Å²) in [6.45, 7) is 1.19. The van der Waals surface area contributed by atoms with E-state index >= 15 is 0 Å². The summed E-state index contributed by atoms with van der Waals surface area (Å²) in [5, 5.41) is 0.227. The lowest BCUT2D eigenvalue weighted by Gasteiger charge is -2.28. The first-order valence-electron chi connectivity index (χ1n) is 6.06. The summed E-state index contributed by atoms with van der Waals surface area (Å²) in [6.07, 6.45) is 0.766. The Bertz CT molecular complexity index is 636. The fourth-order valence-corrected chi connectivity index (χ4v) is 2.54. The lowest BCUT2D eigenvalue weighted by Crippen LogP contribution is -2.36. The third-order valence-corrected chi connectivity index (χ3v) is 3.58. The van der Waals surface area contributed by atoms with E-state index in [4.69, 9.17) is 21.8 Å². The maximum absolute atomic E-state index is 12.3. The van der Waals surface area contributed by atoms with Crippen molar-refractivity contribution in [1.29, 1.82) is 0 Å². The molecule has 0 bridgehead atoms. The van der Waals surface area contributed by atoms with E-state index in [0.717, 1.165) is 23.2 Å². The van der Waals surface area contributed by atoms with Gasteiger partial charge in [0, 0.05) is 18.8 Å². The molecular weight excluding hydrogens is 264 g/mol. The molecule has 19 heavy (non-hydrogen) atoms. The summed E-state index contributed by atoms with van der Waals surface area (Å²) in [5.74, 6) is 0.136. The first-order chi connectivity index (χ1) is 9.15. The minimum atomic E-state index is -0.139. The lowest BCUT2D eigenvalue weighted by atomic mass is 9.98. The van der Waals surface area contributed by atoms with E-state index in [9.17, 15) is 4.79 Å². The van der Waals surface area contributed by atoms with Crippen molar-refractivity contribution in [2.75, 3.05) is 12.3 Å². The zero-order valence-corrected chi connectivity index (χ0v) is 11.0. The standard InChI is InChI=1S/C14H13ClN2O2/c15-13-5-4-12(19-13)14(18)17-7-6-10-9(8-17)2-1-3-11(10)16/h1-5H,6-8,16H2. The molecule has 0 unspecified atom stereocenters. The number of fused-ring (bicyclic) bond motifs is 1. The molecule has 1 aromatic heterocycles. The molecule has 1 aliphatic rings. The first-order valence-corrected chi connectivity index (χ1v) is 6.44. The zero-order valence-electron chi connectivity index (χ0n) is 10.2. The minimum Gasteiger partial charge on any atom is -0.440 e. The highest BCUT2D eigenvalue weighted by Gasteiger charge is 2.24. The maximum atomic E-state index is 12.3. The van der Waals surface area contributed by atoms with Crippen LogP contribution in [0.2, 0.25) is 5.22 Å². The van der Waals surface area contributed by atoms with Crippen LogP contribution in [-0.2, 0) is 13.0 Å². The van der Waals surface area contributed by atoms with Crippen molar-refractivity contribution in [2.45, 2.75) is 13.0 Å². The highest BCUT2D eigenvalue weighted by molar-refractivity contribution is 6.29. The van der Waals surface area contributed by atoms with E-state index in [1.807, 2.05) is 18.2 Å². The largest absolute Gasteiger partial charge is 0.440 e. The van der Waals surface area contributed by atoms with Gasteiger partial charge in [0.15, 0.2) is 11.0 Å². The van der Waals surface area contributed by atoms with Crippen molar-refractivity contribution in [3.63, 3.8) is 0 Å². The molecule has 1 amide bonds. The van der Waals surface area contributed by atoms with E-state index in [2.05, 4.69) is 0 Å². The predicted molar refractivity (Wildman–Crippen MR) is 73.0 cm³/mol. The number of anilines is 1. The van der Waals surface area contributed by atoms with Crippen LogP contribution in [0.5, 0.6) is 0 Å². The second kappa shape index (κ2) is 4.63. The molecule has 3 rings (SSSR count). The quantitative estimate of drug-likeness (QED) is 0.815. The second-order valence-electron chi connectivity index (χ2n) is 4.57. The second-order valence-corrected chi connectivity index (χ2v) is 4.94. The topological polar surface area (TPSA) is 59.5 Å². The summed E-state index contributed by atoms with van der Waals surface area (Å²) < 4.78 is 5.16. The number of nitrogens with two attached hydrogens (primary N) is 1. The molecule has 1 aromatic carbocycles. The predicted octanol–water partition coefficient (Wildman–Crippen LogP) is 2.71. The number of furan rings is 1. The van der Waals surface area contributed by atoms with Crippen LogP contribution in [0, 0.1) is 0 Å². The number of carbonyl (C=O) groups excluding carboxylic acids is 1. The third-order valence-electron chi connectivity index (χ3n) is 3.37. The van der Waals surface area contributed by atoms with Crippen molar-refractivity contribution >= 4 is 23.2 Å². The molecular formula is C14H13ClN2O2. The van der Waals surface area contributed by atoms with E-state index in [0.29, 0.717) is 13.1 Å². The van der Waals surface area contributed by atoms with E-state index in [-0.39, 0.29) is 16.9 Å². The molecule has 2 N–H and O–H groups in total. The number of nitrogens with zero attached hydrogens (tertiary/aromatic N) is 1. The van der Waals surface area contributed by atoms with Gasteiger partial charge in [-0.25, -0.2) is 0 Å². The van der Waals surface area contributed by atoms with Gasteiger partial charge in [-0.15, -0.1) is 0 Å². The van der Waals surface area contributed by atoms with Gasteiger partial charge in [-0.05, 0) is 47.3 Å². The van der Waals surface area contributed by atoms with Gasteiger partial charge in [0.1, 0.15) is 0 Å². The van der Waals surface area contributed by atoms with Crippen LogP contribution in [0.3, 0.4) is 0 Å². The zero-order chi connectivity index (χ0) is 13.4. The Labute approximate surface area is 115 Å². The Kier molecular flexibility index (Phi) is 2.95. The molecule has 2 aromatic rings. The smallest absolute Gasteiger partial charge is 0.289 e. The Balaban J connectivity index is 1.84. The Hall–Kier alpha value is -1.94. The number of amides is 1. The van der Waals surface area contributed by atoms with Crippen LogP contribution in [0.25, 0.3) is 0 Å². The van der Waals surface area contributed by atoms with Crippen LogP contribution in [0.1, 0.15) is 21.7 Å². The van der Waals surface area contributed by atoms with Crippen molar-refractivity contribution in [3.8, 4) is 0 Å².